The number of fused-ring (bicyclic) bond motifs is 1. The molecule has 19 heavy (non-hydrogen) atoms. The van der Waals surface area contributed by atoms with Gasteiger partial charge in [-0.25, -0.2) is 9.97 Å². The molecule has 2 rings (SSSR count). The van der Waals surface area contributed by atoms with E-state index in [0.29, 0.717) is 5.95 Å². The topological polar surface area (TPSA) is 56.7 Å². The summed E-state index contributed by atoms with van der Waals surface area (Å²) in [7, 11) is 0. The molecule has 0 saturated heterocycles. The molecule has 104 valence electrons. The molecular weight excluding hydrogens is 236 g/mol. The van der Waals surface area contributed by atoms with Gasteiger partial charge in [-0.1, -0.05) is 39.0 Å². The van der Waals surface area contributed by atoms with Crippen LogP contribution in [0.1, 0.15) is 51.1 Å². The van der Waals surface area contributed by atoms with E-state index < -0.39 is 0 Å². The highest BCUT2D eigenvalue weighted by atomic mass is 15.2. The van der Waals surface area contributed by atoms with E-state index in [9.17, 15) is 0 Å². The number of hydrogen-bond acceptors (Lipinski definition) is 3. The van der Waals surface area contributed by atoms with Crippen LogP contribution < -0.4 is 5.73 Å². The van der Waals surface area contributed by atoms with E-state index in [1.165, 1.54) is 32.1 Å². The Morgan fingerprint density at radius 1 is 1.05 bits per heavy atom. The van der Waals surface area contributed by atoms with Crippen LogP contribution in [0.2, 0.25) is 0 Å². The predicted molar refractivity (Wildman–Crippen MR) is 80.1 cm³/mol. The molecule has 4 heteroatoms. The van der Waals surface area contributed by atoms with Crippen molar-refractivity contribution >= 4 is 17.1 Å². The Bertz CT molecular complexity index is 530. The third-order valence-electron chi connectivity index (χ3n) is 3.50. The number of aromatic nitrogens is 3. The van der Waals surface area contributed by atoms with E-state index in [1.807, 2.05) is 23.6 Å². The zero-order chi connectivity index (χ0) is 13.7. The highest BCUT2D eigenvalue weighted by Crippen LogP contribution is 2.17. The Balaban J connectivity index is 1.96. The second-order valence-corrected chi connectivity index (χ2v) is 5.18. The van der Waals surface area contributed by atoms with Crippen molar-refractivity contribution in [1.29, 1.82) is 0 Å². The van der Waals surface area contributed by atoms with Crippen LogP contribution >= 0.6 is 0 Å². The molecule has 0 saturated carbocycles. The standard InChI is InChI=1S/C15H24N4/c1-3-4-5-6-7-8-11-19-14-13(18-15(19)16)10-9-12(2)17-14/h9-10H,3-8,11H2,1-2H3,(H2,16,18). The van der Waals surface area contributed by atoms with E-state index >= 15 is 0 Å². The van der Waals surface area contributed by atoms with Crippen molar-refractivity contribution in [3.05, 3.63) is 17.8 Å². The molecule has 0 amide bonds. The molecule has 0 aliphatic carbocycles. The second kappa shape index (κ2) is 6.55. The van der Waals surface area contributed by atoms with Crippen molar-refractivity contribution < 1.29 is 0 Å². The molecule has 2 heterocycles. The Hall–Kier alpha value is -1.58. The van der Waals surface area contributed by atoms with E-state index in [-0.39, 0.29) is 0 Å². The number of nitrogens with two attached hydrogens (primary N) is 1. The Morgan fingerprint density at radius 3 is 2.58 bits per heavy atom. The maximum Gasteiger partial charge on any atom is 0.202 e. The summed E-state index contributed by atoms with van der Waals surface area (Å²) in [4.78, 5) is 8.91. The maximum atomic E-state index is 5.98. The fourth-order valence-electron chi connectivity index (χ4n) is 2.38. The third-order valence-corrected chi connectivity index (χ3v) is 3.50. The summed E-state index contributed by atoms with van der Waals surface area (Å²) in [5, 5.41) is 0. The van der Waals surface area contributed by atoms with Gasteiger partial charge in [0.05, 0.1) is 0 Å². The number of unbranched alkanes of at least 4 members (excludes halogenated alkanes) is 5. The molecule has 0 aliphatic rings. The SMILES string of the molecule is CCCCCCCCn1c(N)nc2ccc(C)nc21. The third kappa shape index (κ3) is 3.46. The van der Waals surface area contributed by atoms with Crippen molar-refractivity contribution in [2.75, 3.05) is 5.73 Å². The van der Waals surface area contributed by atoms with Crippen molar-refractivity contribution in [2.24, 2.45) is 0 Å². The minimum absolute atomic E-state index is 0.585. The summed E-state index contributed by atoms with van der Waals surface area (Å²) in [5.41, 5.74) is 8.81. The van der Waals surface area contributed by atoms with E-state index in [1.54, 1.807) is 0 Å². The van der Waals surface area contributed by atoms with Crippen molar-refractivity contribution in [3.8, 4) is 0 Å². The first-order valence-corrected chi connectivity index (χ1v) is 7.31. The second-order valence-electron chi connectivity index (χ2n) is 5.18. The molecule has 2 N–H and O–H groups in total. The zero-order valence-corrected chi connectivity index (χ0v) is 12.0. The number of pyridine rings is 1. The van der Waals surface area contributed by atoms with Crippen LogP contribution in [0.5, 0.6) is 0 Å². The van der Waals surface area contributed by atoms with Gasteiger partial charge in [0.15, 0.2) is 5.65 Å². The molecule has 0 fully saturated rings. The average molecular weight is 260 g/mol. The van der Waals surface area contributed by atoms with Gasteiger partial charge in [-0.3, -0.25) is 4.57 Å². The summed E-state index contributed by atoms with van der Waals surface area (Å²) in [6, 6.07) is 3.97. The fourth-order valence-corrected chi connectivity index (χ4v) is 2.38. The molecule has 0 bridgehead atoms. The highest BCUT2D eigenvalue weighted by molar-refractivity contribution is 5.74. The molecule has 0 aliphatic heterocycles. The molecule has 0 aromatic carbocycles. The quantitative estimate of drug-likeness (QED) is 0.772. The molecular formula is C15H24N4. The van der Waals surface area contributed by atoms with Crippen LogP contribution in [0.3, 0.4) is 0 Å². The number of rotatable bonds is 7. The van der Waals surface area contributed by atoms with Crippen LogP contribution in [0, 0.1) is 6.92 Å². The van der Waals surface area contributed by atoms with Crippen LogP contribution in [-0.4, -0.2) is 14.5 Å². The van der Waals surface area contributed by atoms with Crippen LogP contribution in [0.15, 0.2) is 12.1 Å². The van der Waals surface area contributed by atoms with Gasteiger partial charge < -0.3 is 5.73 Å². The first-order chi connectivity index (χ1) is 9.22. The van der Waals surface area contributed by atoms with Gasteiger partial charge in [0, 0.05) is 12.2 Å². The molecule has 2 aromatic heterocycles. The summed E-state index contributed by atoms with van der Waals surface area (Å²) >= 11 is 0. The van der Waals surface area contributed by atoms with E-state index in [4.69, 9.17) is 5.73 Å². The predicted octanol–water partition coefficient (Wildman–Crippen LogP) is 3.68. The Labute approximate surface area is 115 Å². The summed E-state index contributed by atoms with van der Waals surface area (Å²) in [6.07, 6.45) is 7.69. The number of nitrogens with zero attached hydrogens (tertiary/aromatic N) is 3. The normalized spacial score (nSPS) is 11.3. The lowest BCUT2D eigenvalue weighted by Gasteiger charge is -2.06. The van der Waals surface area contributed by atoms with Gasteiger partial charge in [-0.2, -0.15) is 0 Å². The van der Waals surface area contributed by atoms with Gasteiger partial charge >= 0.3 is 0 Å². The number of nitrogen functional groups attached to an aromatic ring is 1. The largest absolute Gasteiger partial charge is 0.369 e. The highest BCUT2D eigenvalue weighted by Gasteiger charge is 2.08. The lowest BCUT2D eigenvalue weighted by molar-refractivity contribution is 0.565. The molecule has 0 radical (unpaired) electrons. The lowest BCUT2D eigenvalue weighted by Crippen LogP contribution is -2.04. The molecule has 0 spiro atoms. The van der Waals surface area contributed by atoms with Crippen molar-refractivity contribution in [2.45, 2.75) is 58.9 Å². The van der Waals surface area contributed by atoms with Gasteiger partial charge in [0.2, 0.25) is 5.95 Å². The number of anilines is 1. The Morgan fingerprint density at radius 2 is 1.79 bits per heavy atom. The molecule has 4 nitrogen and oxygen atoms in total. The summed E-state index contributed by atoms with van der Waals surface area (Å²) < 4.78 is 2.04. The van der Waals surface area contributed by atoms with Crippen molar-refractivity contribution in [3.63, 3.8) is 0 Å². The number of hydrogen-bond donors (Lipinski definition) is 1. The Kier molecular flexibility index (Phi) is 4.77. The minimum Gasteiger partial charge on any atom is -0.369 e. The molecule has 2 aromatic rings. The number of aryl methyl sites for hydroxylation is 2. The van der Waals surface area contributed by atoms with Gasteiger partial charge in [0.1, 0.15) is 5.52 Å². The van der Waals surface area contributed by atoms with Crippen LogP contribution in [0.4, 0.5) is 5.95 Å². The van der Waals surface area contributed by atoms with Gasteiger partial charge in [0.25, 0.3) is 0 Å². The maximum absolute atomic E-state index is 5.98. The smallest absolute Gasteiger partial charge is 0.202 e. The summed E-state index contributed by atoms with van der Waals surface area (Å²) in [6.45, 7) is 5.16. The first kappa shape index (κ1) is 13.8. The van der Waals surface area contributed by atoms with Crippen LogP contribution in [-0.2, 0) is 6.54 Å². The van der Waals surface area contributed by atoms with Crippen LogP contribution in [0.25, 0.3) is 11.2 Å². The fraction of sp³-hybridized carbons (Fsp3) is 0.600. The average Bonchev–Trinajstić information content (AvgIpc) is 2.69. The molecule has 0 unspecified atom stereocenters. The minimum atomic E-state index is 0.585. The van der Waals surface area contributed by atoms with E-state index in [2.05, 4.69) is 16.9 Å². The summed E-state index contributed by atoms with van der Waals surface area (Å²) in [5.74, 6) is 0.585. The monoisotopic (exact) mass is 260 g/mol. The van der Waals surface area contributed by atoms with Gasteiger partial charge in [-0.15, -0.1) is 0 Å². The van der Waals surface area contributed by atoms with Gasteiger partial charge in [-0.05, 0) is 25.5 Å². The number of imidazole rings is 1. The lowest BCUT2D eigenvalue weighted by atomic mass is 10.1. The zero-order valence-electron chi connectivity index (χ0n) is 12.0. The van der Waals surface area contributed by atoms with Crippen molar-refractivity contribution in [1.82, 2.24) is 14.5 Å². The van der Waals surface area contributed by atoms with E-state index in [0.717, 1.165) is 29.8 Å². The molecule has 0 atom stereocenters. The first-order valence-electron chi connectivity index (χ1n) is 7.31.